The third-order valence-corrected chi connectivity index (χ3v) is 1.31. The quantitative estimate of drug-likeness (QED) is 0.670. The van der Waals surface area contributed by atoms with E-state index in [1.165, 1.54) is 6.07 Å². The van der Waals surface area contributed by atoms with Crippen LogP contribution in [0.4, 0.5) is 5.69 Å². The van der Waals surface area contributed by atoms with Crippen molar-refractivity contribution in [1.82, 2.24) is 0 Å². The van der Waals surface area contributed by atoms with Gasteiger partial charge in [-0.25, -0.2) is 0 Å². The first-order valence-corrected chi connectivity index (χ1v) is 4.32. The Kier molecular flexibility index (Phi) is 5.80. The molecule has 0 bridgehead atoms. The number of anilines is 1. The highest BCUT2D eigenvalue weighted by atomic mass is 16.2. The molecule has 0 aliphatic carbocycles. The molecule has 0 amide bonds. The van der Waals surface area contributed by atoms with Crippen LogP contribution in [0.2, 0.25) is 0 Å². The largest absolute Gasteiger partial charge is 0.397 e. The zero-order valence-electron chi connectivity index (χ0n) is 7.96. The van der Waals surface area contributed by atoms with Gasteiger partial charge >= 0.3 is 0 Å². The molecule has 1 aromatic rings. The fraction of sp³-hybridized carbons (Fsp3) is 0.556. The molecule has 0 saturated carbocycles. The third kappa shape index (κ3) is 3.85. The van der Waals surface area contributed by atoms with Crippen molar-refractivity contribution >= 4 is 5.69 Å². The van der Waals surface area contributed by atoms with Gasteiger partial charge in [-0.15, -0.1) is 0 Å². The molecule has 4 nitrogen and oxygen atoms in total. The highest BCUT2D eigenvalue weighted by Crippen LogP contribution is 1.93. The van der Waals surface area contributed by atoms with Gasteiger partial charge in [0.05, 0.1) is 5.69 Å². The van der Waals surface area contributed by atoms with Gasteiger partial charge in [-0.3, -0.25) is 9.59 Å². The van der Waals surface area contributed by atoms with E-state index in [-0.39, 0.29) is 13.5 Å². The normalized spacial score (nSPS) is 9.15. The predicted molar refractivity (Wildman–Crippen MR) is 55.0 cm³/mol. The molecular weight excluding hydrogens is 170 g/mol. The Balaban J connectivity index is 0. The number of aliphatic hydroxyl groups is 1. The highest BCUT2D eigenvalue weighted by molar-refractivity contribution is 5.46. The molecule has 0 aliphatic heterocycles. The average molecular weight is 187 g/mol. The maximum Gasteiger partial charge on any atom is 0.248 e. The molecule has 0 spiro atoms. The Morgan fingerprint density at radius 2 is 2.00 bits per heavy atom. The Labute approximate surface area is 78.4 Å². The van der Waals surface area contributed by atoms with Crippen LogP contribution >= 0.6 is 0 Å². The van der Waals surface area contributed by atoms with Gasteiger partial charge in [0, 0.05) is 20.6 Å². The van der Waals surface area contributed by atoms with Crippen LogP contribution in [0, 0.1) is 0 Å². The second-order valence-electron chi connectivity index (χ2n) is 2.49. The van der Waals surface area contributed by atoms with Crippen LogP contribution in [0.15, 0.2) is 15.7 Å². The summed E-state index contributed by atoms with van der Waals surface area (Å²) in [5.74, 6) is 0. The second kappa shape index (κ2) is 6.37. The van der Waals surface area contributed by atoms with Crippen molar-refractivity contribution in [1.29, 1.82) is 0 Å². The van der Waals surface area contributed by atoms with Crippen LogP contribution in [-0.4, -0.2) is 18.3 Å². The van der Waals surface area contributed by atoms with Gasteiger partial charge in [-0.2, -0.15) is 0 Å². The lowest BCUT2D eigenvalue weighted by Crippen LogP contribution is -2.32. The number of nitrogens with one attached hydrogen (secondary N) is 1. The minimum absolute atomic E-state index is 0. The van der Waals surface area contributed by atoms with E-state index >= 15 is 0 Å². The van der Waals surface area contributed by atoms with E-state index in [0.717, 1.165) is 13.0 Å². The molecule has 0 fully saturated rings. The number of aliphatic hydroxyl groups excluding tert-OH is 1. The first-order chi connectivity index (χ1) is 6.17. The van der Waals surface area contributed by atoms with Crippen molar-refractivity contribution in [2.45, 2.75) is 20.3 Å². The van der Waals surface area contributed by atoms with Crippen LogP contribution in [0.3, 0.4) is 0 Å². The second-order valence-corrected chi connectivity index (χ2v) is 2.49. The third-order valence-electron chi connectivity index (χ3n) is 1.31. The van der Waals surface area contributed by atoms with Crippen molar-refractivity contribution in [3.05, 3.63) is 26.5 Å². The lowest BCUT2D eigenvalue weighted by Gasteiger charge is -2.02. The zero-order valence-corrected chi connectivity index (χ0v) is 7.96. The molecule has 76 valence electrons. The van der Waals surface area contributed by atoms with E-state index in [0.29, 0.717) is 5.69 Å². The van der Waals surface area contributed by atoms with E-state index in [2.05, 4.69) is 5.32 Å². The fourth-order valence-electron chi connectivity index (χ4n) is 0.708. The maximum absolute atomic E-state index is 10.6. The van der Waals surface area contributed by atoms with Crippen molar-refractivity contribution in [3.63, 3.8) is 0 Å². The average Bonchev–Trinajstić information content (AvgIpc) is 2.13. The molecule has 0 aromatic heterocycles. The van der Waals surface area contributed by atoms with Crippen LogP contribution < -0.4 is 16.2 Å². The van der Waals surface area contributed by atoms with Crippen molar-refractivity contribution in [2.75, 3.05) is 18.5 Å². The highest BCUT2D eigenvalue weighted by Gasteiger charge is 2.06. The molecule has 4 heteroatoms. The van der Waals surface area contributed by atoms with Gasteiger partial charge in [0.15, 0.2) is 0 Å². The van der Waals surface area contributed by atoms with Crippen molar-refractivity contribution in [3.8, 4) is 0 Å². The predicted octanol–water partition coefficient (Wildman–Crippen LogP) is 0.349. The van der Waals surface area contributed by atoms with E-state index < -0.39 is 5.43 Å². The van der Waals surface area contributed by atoms with E-state index in [1.807, 2.05) is 6.92 Å². The SMILES string of the molecule is CCCNc1cc(=O)c1=O.CCO.[HH]. The molecule has 2 N–H and O–H groups in total. The monoisotopic (exact) mass is 187 g/mol. The summed E-state index contributed by atoms with van der Waals surface area (Å²) in [6, 6.07) is 1.33. The topological polar surface area (TPSA) is 66.4 Å². The molecule has 0 radical (unpaired) electrons. The molecule has 1 rings (SSSR count). The summed E-state index contributed by atoms with van der Waals surface area (Å²) < 4.78 is 0. The molecule has 13 heavy (non-hydrogen) atoms. The molecule has 0 aliphatic rings. The Morgan fingerprint density at radius 1 is 1.46 bits per heavy atom. The van der Waals surface area contributed by atoms with Crippen LogP contribution in [-0.2, 0) is 0 Å². The molecular formula is C9H17NO3. The Hall–Kier alpha value is -1.16. The summed E-state index contributed by atoms with van der Waals surface area (Å²) in [4.78, 5) is 20.9. The fourth-order valence-corrected chi connectivity index (χ4v) is 0.708. The van der Waals surface area contributed by atoms with Crippen LogP contribution in [0.1, 0.15) is 21.7 Å². The van der Waals surface area contributed by atoms with Crippen molar-refractivity contribution in [2.24, 2.45) is 0 Å². The summed E-state index contributed by atoms with van der Waals surface area (Å²) in [5.41, 5.74) is -0.307. The smallest absolute Gasteiger partial charge is 0.248 e. The van der Waals surface area contributed by atoms with Crippen molar-refractivity contribution < 1.29 is 6.53 Å². The van der Waals surface area contributed by atoms with E-state index in [4.69, 9.17) is 5.11 Å². The molecule has 0 saturated heterocycles. The number of hydrogen-bond acceptors (Lipinski definition) is 4. The van der Waals surface area contributed by atoms with Gasteiger partial charge in [-0.05, 0) is 13.3 Å². The minimum Gasteiger partial charge on any atom is -0.397 e. The molecule has 0 heterocycles. The zero-order chi connectivity index (χ0) is 10.3. The Morgan fingerprint density at radius 3 is 2.31 bits per heavy atom. The lowest BCUT2D eigenvalue weighted by molar-refractivity contribution is 0.318. The van der Waals surface area contributed by atoms with Crippen LogP contribution in [0.25, 0.3) is 0 Å². The minimum atomic E-state index is -0.390. The van der Waals surface area contributed by atoms with Gasteiger partial charge in [0.1, 0.15) is 0 Å². The summed E-state index contributed by atoms with van der Waals surface area (Å²) in [6.07, 6.45) is 0.957. The Bertz CT molecular complexity index is 304. The van der Waals surface area contributed by atoms with Gasteiger partial charge < -0.3 is 10.4 Å². The van der Waals surface area contributed by atoms with E-state index in [9.17, 15) is 9.59 Å². The number of rotatable bonds is 3. The number of hydrogen-bond donors (Lipinski definition) is 2. The van der Waals surface area contributed by atoms with Gasteiger partial charge in [0.25, 0.3) is 0 Å². The molecule has 0 atom stereocenters. The molecule has 1 aromatic carbocycles. The summed E-state index contributed by atoms with van der Waals surface area (Å²) in [5, 5.41) is 10.4. The standard InChI is InChI=1S/C7H9NO2.C2H6O.H2/c1-2-3-8-5-4-6(9)7(5)10;1-2-3;/h4,8H,2-3H2,1H3;3H,2H2,1H3;1H. The lowest BCUT2D eigenvalue weighted by atomic mass is 10.2. The maximum atomic E-state index is 10.6. The summed E-state index contributed by atoms with van der Waals surface area (Å²) in [6.45, 7) is 4.68. The summed E-state index contributed by atoms with van der Waals surface area (Å²) >= 11 is 0. The first-order valence-electron chi connectivity index (χ1n) is 4.32. The first kappa shape index (κ1) is 11.8. The van der Waals surface area contributed by atoms with Gasteiger partial charge in [-0.1, -0.05) is 6.92 Å². The molecule has 0 unspecified atom stereocenters. The van der Waals surface area contributed by atoms with E-state index in [1.54, 1.807) is 6.92 Å². The van der Waals surface area contributed by atoms with Crippen LogP contribution in [0.5, 0.6) is 0 Å². The summed E-state index contributed by atoms with van der Waals surface area (Å²) in [7, 11) is 0. The van der Waals surface area contributed by atoms with Gasteiger partial charge in [0.2, 0.25) is 10.9 Å².